The molecular formula is C17H14FN3. The number of hydrogen-bond donors (Lipinski definition) is 2. The summed E-state index contributed by atoms with van der Waals surface area (Å²) in [6.07, 6.45) is 0. The van der Waals surface area contributed by atoms with Crippen molar-refractivity contribution >= 4 is 22.3 Å². The maximum atomic E-state index is 13.9. The van der Waals surface area contributed by atoms with Crippen molar-refractivity contribution < 1.29 is 4.39 Å². The van der Waals surface area contributed by atoms with E-state index in [2.05, 4.69) is 10.4 Å². The topological polar surface area (TPSA) is 50.4 Å². The lowest BCUT2D eigenvalue weighted by Gasteiger charge is -2.10. The highest BCUT2D eigenvalue weighted by atomic mass is 19.1. The molecule has 3 N–H and O–H groups in total. The van der Waals surface area contributed by atoms with Crippen LogP contribution >= 0.6 is 0 Å². The molecule has 0 saturated carbocycles. The number of amidine groups is 1. The fourth-order valence-electron chi connectivity index (χ4n) is 2.27. The average molecular weight is 279 g/mol. The van der Waals surface area contributed by atoms with E-state index in [4.69, 9.17) is 5.84 Å². The molecule has 0 amide bonds. The van der Waals surface area contributed by atoms with Crippen LogP contribution in [0.2, 0.25) is 0 Å². The lowest BCUT2D eigenvalue weighted by atomic mass is 10.0. The number of para-hydroxylation sites is 1. The highest BCUT2D eigenvalue weighted by Crippen LogP contribution is 2.23. The lowest BCUT2D eigenvalue weighted by molar-refractivity contribution is 0.640. The van der Waals surface area contributed by atoms with E-state index in [9.17, 15) is 4.39 Å². The molecule has 3 rings (SSSR count). The van der Waals surface area contributed by atoms with Gasteiger partial charge in [-0.05, 0) is 29.7 Å². The second-order valence-corrected chi connectivity index (χ2v) is 4.58. The number of rotatable bonds is 2. The molecule has 3 nitrogen and oxygen atoms in total. The van der Waals surface area contributed by atoms with Gasteiger partial charge in [-0.2, -0.15) is 0 Å². The van der Waals surface area contributed by atoms with Crippen molar-refractivity contribution in [3.8, 4) is 0 Å². The van der Waals surface area contributed by atoms with Crippen molar-refractivity contribution in [3.05, 3.63) is 78.1 Å². The van der Waals surface area contributed by atoms with Gasteiger partial charge in [0.15, 0.2) is 0 Å². The molecule has 0 saturated heterocycles. The van der Waals surface area contributed by atoms with Gasteiger partial charge in [-0.25, -0.2) is 15.2 Å². The van der Waals surface area contributed by atoms with E-state index >= 15 is 0 Å². The first-order chi connectivity index (χ1) is 10.3. The summed E-state index contributed by atoms with van der Waals surface area (Å²) >= 11 is 0. The molecule has 0 radical (unpaired) electrons. The van der Waals surface area contributed by atoms with Gasteiger partial charge in [0, 0.05) is 10.9 Å². The van der Waals surface area contributed by atoms with Crippen LogP contribution in [0.3, 0.4) is 0 Å². The second-order valence-electron chi connectivity index (χ2n) is 4.58. The van der Waals surface area contributed by atoms with Gasteiger partial charge in [0.05, 0.1) is 5.69 Å². The number of aliphatic imine (C=N–C) groups is 1. The Morgan fingerprint density at radius 1 is 0.857 bits per heavy atom. The van der Waals surface area contributed by atoms with E-state index in [0.717, 1.165) is 16.6 Å². The van der Waals surface area contributed by atoms with Crippen LogP contribution in [-0.2, 0) is 0 Å². The minimum absolute atomic E-state index is 0.259. The fourth-order valence-corrected chi connectivity index (χ4v) is 2.27. The van der Waals surface area contributed by atoms with E-state index < -0.39 is 0 Å². The molecule has 21 heavy (non-hydrogen) atoms. The number of nitrogens with two attached hydrogens (primary N) is 1. The summed E-state index contributed by atoms with van der Waals surface area (Å²) in [4.78, 5) is 4.49. The molecule has 3 aromatic carbocycles. The van der Waals surface area contributed by atoms with Gasteiger partial charge in [0.25, 0.3) is 0 Å². The van der Waals surface area contributed by atoms with Gasteiger partial charge in [0.2, 0.25) is 0 Å². The Morgan fingerprint density at radius 2 is 1.52 bits per heavy atom. The number of fused-ring (bicyclic) bond motifs is 1. The first kappa shape index (κ1) is 13.3. The van der Waals surface area contributed by atoms with Crippen LogP contribution in [0.5, 0.6) is 0 Å². The normalized spacial score (nSPS) is 11.6. The van der Waals surface area contributed by atoms with Crippen molar-refractivity contribution in [2.45, 2.75) is 0 Å². The van der Waals surface area contributed by atoms with Gasteiger partial charge >= 0.3 is 0 Å². The third kappa shape index (κ3) is 2.61. The summed E-state index contributed by atoms with van der Waals surface area (Å²) in [6.45, 7) is 0. The van der Waals surface area contributed by atoms with Crippen molar-refractivity contribution in [2.24, 2.45) is 10.8 Å². The van der Waals surface area contributed by atoms with Crippen LogP contribution in [0.4, 0.5) is 10.1 Å². The zero-order chi connectivity index (χ0) is 14.7. The van der Waals surface area contributed by atoms with E-state index in [1.807, 2.05) is 42.5 Å². The molecule has 0 aliphatic heterocycles. The summed E-state index contributed by atoms with van der Waals surface area (Å²) in [5, 5.41) is 1.32. The van der Waals surface area contributed by atoms with Gasteiger partial charge in [-0.15, -0.1) is 0 Å². The van der Waals surface area contributed by atoms with Crippen LogP contribution in [0.25, 0.3) is 10.8 Å². The Labute approximate surface area is 121 Å². The molecule has 0 aliphatic carbocycles. The van der Waals surface area contributed by atoms with Crippen molar-refractivity contribution in [1.29, 1.82) is 0 Å². The molecule has 0 heterocycles. The molecule has 0 spiro atoms. The van der Waals surface area contributed by atoms with E-state index in [1.165, 1.54) is 6.07 Å². The minimum Gasteiger partial charge on any atom is -0.308 e. The number of hydrogen-bond acceptors (Lipinski definition) is 2. The number of halogens is 1. The van der Waals surface area contributed by atoms with Crippen LogP contribution in [0.15, 0.2) is 71.7 Å². The molecule has 0 aliphatic rings. The van der Waals surface area contributed by atoms with Gasteiger partial charge in [0.1, 0.15) is 11.7 Å². The largest absolute Gasteiger partial charge is 0.308 e. The number of nitrogens with one attached hydrogen (secondary N) is 1. The Kier molecular flexibility index (Phi) is 3.62. The molecule has 0 atom stereocenters. The Bertz CT molecular complexity index is 797. The van der Waals surface area contributed by atoms with E-state index in [0.29, 0.717) is 11.2 Å². The van der Waals surface area contributed by atoms with E-state index in [1.54, 1.807) is 18.2 Å². The van der Waals surface area contributed by atoms with Gasteiger partial charge in [-0.3, -0.25) is 0 Å². The van der Waals surface area contributed by atoms with E-state index in [-0.39, 0.29) is 5.82 Å². The average Bonchev–Trinajstić information content (AvgIpc) is 2.55. The summed E-state index contributed by atoms with van der Waals surface area (Å²) in [5.41, 5.74) is 4.15. The number of benzene rings is 3. The molecular weight excluding hydrogens is 265 g/mol. The zero-order valence-corrected chi connectivity index (χ0v) is 11.3. The smallest absolute Gasteiger partial charge is 0.148 e. The molecule has 0 fully saturated rings. The zero-order valence-electron chi connectivity index (χ0n) is 11.3. The molecule has 104 valence electrons. The van der Waals surface area contributed by atoms with Crippen LogP contribution in [-0.4, -0.2) is 5.84 Å². The SMILES string of the molecule is NNC(=Nc1ccccc1)c1ccc(F)c2ccccc12. The minimum atomic E-state index is -0.259. The fraction of sp³-hybridized carbons (Fsp3) is 0. The van der Waals surface area contributed by atoms with Crippen molar-refractivity contribution in [2.75, 3.05) is 0 Å². The monoisotopic (exact) mass is 279 g/mol. The van der Waals surface area contributed by atoms with Gasteiger partial charge < -0.3 is 5.43 Å². The van der Waals surface area contributed by atoms with Crippen molar-refractivity contribution in [3.63, 3.8) is 0 Å². The third-order valence-electron chi connectivity index (χ3n) is 3.26. The predicted octanol–water partition coefficient (Wildman–Crippen LogP) is 3.52. The first-order valence-corrected chi connectivity index (χ1v) is 6.57. The summed E-state index contributed by atoms with van der Waals surface area (Å²) in [5.74, 6) is 5.85. The second kappa shape index (κ2) is 5.73. The van der Waals surface area contributed by atoms with Crippen molar-refractivity contribution in [1.82, 2.24) is 5.43 Å². The lowest BCUT2D eigenvalue weighted by Crippen LogP contribution is -2.31. The molecule has 0 bridgehead atoms. The van der Waals surface area contributed by atoms with Crippen LogP contribution in [0, 0.1) is 5.82 Å². The highest BCUT2D eigenvalue weighted by molar-refractivity contribution is 6.10. The maximum absolute atomic E-state index is 13.9. The van der Waals surface area contributed by atoms with Crippen LogP contribution < -0.4 is 11.3 Å². The predicted molar refractivity (Wildman–Crippen MR) is 83.9 cm³/mol. The quantitative estimate of drug-likeness (QED) is 0.326. The van der Waals surface area contributed by atoms with Crippen LogP contribution in [0.1, 0.15) is 5.56 Å². The summed E-state index contributed by atoms with van der Waals surface area (Å²) < 4.78 is 13.9. The highest BCUT2D eigenvalue weighted by Gasteiger charge is 2.10. The maximum Gasteiger partial charge on any atom is 0.148 e. The standard InChI is InChI=1S/C17H14FN3/c18-16-11-10-15(13-8-4-5-9-14(13)16)17(21-19)20-12-6-2-1-3-7-12/h1-11H,19H2,(H,20,21). The third-order valence-corrected chi connectivity index (χ3v) is 3.26. The molecule has 3 aromatic rings. The number of hydrazine groups is 1. The summed E-state index contributed by atoms with van der Waals surface area (Å²) in [6, 6.07) is 19.8. The first-order valence-electron chi connectivity index (χ1n) is 6.57. The molecule has 0 unspecified atom stereocenters. The Balaban J connectivity index is 2.18. The van der Waals surface area contributed by atoms with Gasteiger partial charge in [-0.1, -0.05) is 42.5 Å². The Hall–Kier alpha value is -2.72. The molecule has 4 heteroatoms. The number of nitrogens with zero attached hydrogens (tertiary/aromatic N) is 1. The Morgan fingerprint density at radius 3 is 2.24 bits per heavy atom. The summed E-state index contributed by atoms with van der Waals surface area (Å²) in [7, 11) is 0. The molecule has 0 aromatic heterocycles.